The Morgan fingerprint density at radius 2 is 1.85 bits per heavy atom. The number of carbonyl (C=O) groups is 1. The predicted octanol–water partition coefficient (Wildman–Crippen LogP) is 3.56. The molecule has 0 radical (unpaired) electrons. The maximum atomic E-state index is 12.4. The highest BCUT2D eigenvalue weighted by Gasteiger charge is 2.31. The molecule has 1 fully saturated rings. The lowest BCUT2D eigenvalue weighted by atomic mass is 10.2. The van der Waals surface area contributed by atoms with Gasteiger partial charge >= 0.3 is 0 Å². The van der Waals surface area contributed by atoms with Crippen molar-refractivity contribution in [2.45, 2.75) is 39.9 Å². The van der Waals surface area contributed by atoms with Crippen molar-refractivity contribution in [3.63, 3.8) is 0 Å². The molecular formula is C20H26N2O4S. The molecule has 1 saturated heterocycles. The lowest BCUT2D eigenvalue weighted by Crippen LogP contribution is -2.47. The third-order valence-corrected chi connectivity index (χ3v) is 5.21. The van der Waals surface area contributed by atoms with Crippen LogP contribution in [0.15, 0.2) is 28.1 Å². The van der Waals surface area contributed by atoms with E-state index in [-0.39, 0.29) is 18.1 Å². The van der Waals surface area contributed by atoms with Gasteiger partial charge in [0, 0.05) is 13.1 Å². The third-order valence-electron chi connectivity index (χ3n) is 4.16. The molecule has 0 spiro atoms. The quantitative estimate of drug-likeness (QED) is 0.717. The average Bonchev–Trinajstić information content (AvgIpc) is 2.97. The predicted molar refractivity (Wildman–Crippen MR) is 108 cm³/mol. The Kier molecular flexibility index (Phi) is 6.44. The van der Waals surface area contributed by atoms with Crippen LogP contribution in [0, 0.1) is 0 Å². The number of rotatable bonds is 5. The molecule has 0 saturated carbocycles. The molecule has 3 rings (SSSR count). The molecule has 1 amide bonds. The number of morpholine rings is 1. The van der Waals surface area contributed by atoms with Crippen molar-refractivity contribution in [2.75, 3.05) is 26.3 Å². The molecule has 0 bridgehead atoms. The number of benzene rings is 1. The topological polar surface area (TPSA) is 60.4 Å². The molecule has 146 valence electrons. The molecule has 2 aliphatic rings. The van der Waals surface area contributed by atoms with Gasteiger partial charge in [-0.3, -0.25) is 4.79 Å². The fourth-order valence-corrected chi connectivity index (χ4v) is 4.11. The first-order valence-electron chi connectivity index (χ1n) is 9.32. The number of hydrogen-bond donors (Lipinski definition) is 0. The number of hydrogen-bond acceptors (Lipinski definition) is 6. The second-order valence-corrected chi connectivity index (χ2v) is 7.55. The lowest BCUT2D eigenvalue weighted by Gasteiger charge is -2.35. The first kappa shape index (κ1) is 19.8. The second kappa shape index (κ2) is 8.80. The Bertz CT molecular complexity index is 752. The van der Waals surface area contributed by atoms with Crippen molar-refractivity contribution in [2.24, 2.45) is 4.99 Å². The maximum Gasteiger partial charge on any atom is 0.286 e. The molecule has 0 aromatic heterocycles. The SMILES string of the molecule is CCOc1ccc(/C=C2/SC(N3C[C@@H](C)O[C@@H](C)C3)=NC2=O)cc1OCC. The van der Waals surface area contributed by atoms with Gasteiger partial charge in [0.05, 0.1) is 30.3 Å². The zero-order valence-electron chi connectivity index (χ0n) is 16.2. The van der Waals surface area contributed by atoms with E-state index in [0.717, 1.165) is 23.8 Å². The molecule has 7 heteroatoms. The number of ether oxygens (including phenoxy) is 3. The molecule has 0 unspecified atom stereocenters. The van der Waals surface area contributed by atoms with Crippen molar-refractivity contribution in [3.05, 3.63) is 28.7 Å². The van der Waals surface area contributed by atoms with Gasteiger partial charge in [-0.15, -0.1) is 0 Å². The van der Waals surface area contributed by atoms with Crippen LogP contribution in [0.2, 0.25) is 0 Å². The third kappa shape index (κ3) is 4.84. The standard InChI is InChI=1S/C20H26N2O4S/c1-5-24-16-8-7-15(9-17(16)25-6-2)10-18-19(23)21-20(27-18)22-11-13(3)26-14(4)12-22/h7-10,13-14H,5-6,11-12H2,1-4H3/b18-10+/t13-,14+. The van der Waals surface area contributed by atoms with Crippen LogP contribution in [0.25, 0.3) is 6.08 Å². The van der Waals surface area contributed by atoms with Crippen molar-refractivity contribution in [1.29, 1.82) is 0 Å². The summed E-state index contributed by atoms with van der Waals surface area (Å²) in [7, 11) is 0. The van der Waals surface area contributed by atoms with Gasteiger partial charge in [0.1, 0.15) is 0 Å². The molecule has 0 N–H and O–H groups in total. The summed E-state index contributed by atoms with van der Waals surface area (Å²) in [6, 6.07) is 5.69. The monoisotopic (exact) mass is 390 g/mol. The molecular weight excluding hydrogens is 364 g/mol. The number of thioether (sulfide) groups is 1. The van der Waals surface area contributed by atoms with Gasteiger partial charge in [-0.05, 0) is 63.2 Å². The Morgan fingerprint density at radius 3 is 2.52 bits per heavy atom. The smallest absolute Gasteiger partial charge is 0.286 e. The Hall–Kier alpha value is -1.99. The second-order valence-electron chi connectivity index (χ2n) is 6.54. The van der Waals surface area contributed by atoms with Crippen LogP contribution < -0.4 is 9.47 Å². The molecule has 0 aliphatic carbocycles. The first-order valence-corrected chi connectivity index (χ1v) is 10.1. The summed E-state index contributed by atoms with van der Waals surface area (Å²) in [6.45, 7) is 10.6. The Labute approximate surface area is 164 Å². The Morgan fingerprint density at radius 1 is 1.19 bits per heavy atom. The molecule has 2 heterocycles. The fourth-order valence-electron chi connectivity index (χ4n) is 3.18. The van der Waals surface area contributed by atoms with Crippen LogP contribution in [0.5, 0.6) is 11.5 Å². The van der Waals surface area contributed by atoms with E-state index in [2.05, 4.69) is 9.89 Å². The van der Waals surface area contributed by atoms with Gasteiger partial charge in [-0.25, -0.2) is 0 Å². The number of aliphatic imine (C=N–C) groups is 1. The van der Waals surface area contributed by atoms with Crippen molar-refractivity contribution < 1.29 is 19.0 Å². The highest BCUT2D eigenvalue weighted by Crippen LogP contribution is 2.34. The average molecular weight is 391 g/mol. The van der Waals surface area contributed by atoms with Crippen molar-refractivity contribution in [3.8, 4) is 11.5 Å². The summed E-state index contributed by atoms with van der Waals surface area (Å²) in [5.41, 5.74) is 0.887. The Balaban J connectivity index is 1.76. The number of nitrogens with zero attached hydrogens (tertiary/aromatic N) is 2. The van der Waals surface area contributed by atoms with E-state index < -0.39 is 0 Å². The van der Waals surface area contributed by atoms with Crippen molar-refractivity contribution >= 4 is 28.9 Å². The van der Waals surface area contributed by atoms with Crippen LogP contribution in [0.1, 0.15) is 33.3 Å². The van der Waals surface area contributed by atoms with E-state index >= 15 is 0 Å². The normalized spacial score (nSPS) is 24.3. The molecule has 1 aromatic rings. The minimum atomic E-state index is -0.200. The largest absolute Gasteiger partial charge is 0.490 e. The minimum absolute atomic E-state index is 0.125. The molecule has 2 atom stereocenters. The van der Waals surface area contributed by atoms with E-state index in [0.29, 0.717) is 29.6 Å². The van der Waals surface area contributed by atoms with E-state index in [1.165, 1.54) is 11.8 Å². The highest BCUT2D eigenvalue weighted by molar-refractivity contribution is 8.18. The summed E-state index contributed by atoms with van der Waals surface area (Å²) in [5, 5.41) is 0.754. The van der Waals surface area contributed by atoms with Crippen LogP contribution in [0.4, 0.5) is 0 Å². The van der Waals surface area contributed by atoms with Crippen molar-refractivity contribution in [1.82, 2.24) is 4.90 Å². The fraction of sp³-hybridized carbons (Fsp3) is 0.500. The van der Waals surface area contributed by atoms with Gasteiger partial charge in [0.2, 0.25) is 0 Å². The number of amidine groups is 1. The van der Waals surface area contributed by atoms with E-state index in [9.17, 15) is 4.79 Å². The van der Waals surface area contributed by atoms with Gasteiger partial charge in [-0.2, -0.15) is 4.99 Å². The van der Waals surface area contributed by atoms with Gasteiger partial charge in [0.15, 0.2) is 16.7 Å². The number of carbonyl (C=O) groups excluding carboxylic acids is 1. The highest BCUT2D eigenvalue weighted by atomic mass is 32.2. The van der Waals surface area contributed by atoms with Crippen LogP contribution >= 0.6 is 11.8 Å². The summed E-state index contributed by atoms with van der Waals surface area (Å²) < 4.78 is 17.0. The molecule has 6 nitrogen and oxygen atoms in total. The summed E-state index contributed by atoms with van der Waals surface area (Å²) in [6.07, 6.45) is 2.11. The number of amides is 1. The van der Waals surface area contributed by atoms with E-state index in [1.807, 2.05) is 52.0 Å². The lowest BCUT2D eigenvalue weighted by molar-refractivity contribution is -0.113. The summed E-state index contributed by atoms with van der Waals surface area (Å²) >= 11 is 1.42. The van der Waals surface area contributed by atoms with E-state index in [4.69, 9.17) is 14.2 Å². The van der Waals surface area contributed by atoms with E-state index in [1.54, 1.807) is 0 Å². The molecule has 27 heavy (non-hydrogen) atoms. The van der Waals surface area contributed by atoms with Gasteiger partial charge in [0.25, 0.3) is 5.91 Å². The summed E-state index contributed by atoms with van der Waals surface area (Å²) in [4.78, 5) is 19.4. The zero-order chi connectivity index (χ0) is 19.4. The van der Waals surface area contributed by atoms with Crippen LogP contribution in [0.3, 0.4) is 0 Å². The van der Waals surface area contributed by atoms with Crippen LogP contribution in [-0.4, -0.2) is 54.5 Å². The van der Waals surface area contributed by atoms with Gasteiger partial charge < -0.3 is 19.1 Å². The molecule has 2 aliphatic heterocycles. The molecule has 1 aromatic carbocycles. The minimum Gasteiger partial charge on any atom is -0.490 e. The maximum absolute atomic E-state index is 12.4. The summed E-state index contributed by atoms with van der Waals surface area (Å²) in [5.74, 6) is 1.19. The van der Waals surface area contributed by atoms with Gasteiger partial charge in [-0.1, -0.05) is 6.07 Å². The van der Waals surface area contributed by atoms with Crippen LogP contribution in [-0.2, 0) is 9.53 Å². The zero-order valence-corrected chi connectivity index (χ0v) is 17.0. The first-order chi connectivity index (χ1) is 13.0.